The van der Waals surface area contributed by atoms with Crippen molar-refractivity contribution in [2.45, 2.75) is 64.1 Å². The van der Waals surface area contributed by atoms with Gasteiger partial charge >= 0.3 is 0 Å². The summed E-state index contributed by atoms with van der Waals surface area (Å²) in [5, 5.41) is 7.42. The van der Waals surface area contributed by atoms with Crippen LogP contribution in [0.4, 0.5) is 0 Å². The Kier molecular flexibility index (Phi) is 6.53. The summed E-state index contributed by atoms with van der Waals surface area (Å²) in [5.41, 5.74) is 1.35. The molecule has 112 valence electrons. The summed E-state index contributed by atoms with van der Waals surface area (Å²) in [5.74, 6) is 0. The molecule has 1 aromatic rings. The zero-order chi connectivity index (χ0) is 14.4. The lowest BCUT2D eigenvalue weighted by molar-refractivity contribution is 0.380. The maximum absolute atomic E-state index is 3.73. The summed E-state index contributed by atoms with van der Waals surface area (Å²) in [6, 6.07) is 10.2. The molecule has 2 nitrogen and oxygen atoms in total. The molecule has 2 rings (SSSR count). The normalized spacial score (nSPS) is 23.1. The van der Waals surface area contributed by atoms with E-state index in [1.54, 1.807) is 0 Å². The fraction of sp³-hybridized carbons (Fsp3) is 0.647. The SMILES string of the molecule is CC(CC1CCCCCN1)N[C@H](C)c1cccc(Br)c1. The summed E-state index contributed by atoms with van der Waals surface area (Å²) in [7, 11) is 0. The van der Waals surface area contributed by atoms with Crippen LogP contribution in [0.3, 0.4) is 0 Å². The van der Waals surface area contributed by atoms with Gasteiger partial charge in [0.25, 0.3) is 0 Å². The van der Waals surface area contributed by atoms with Crippen LogP contribution in [-0.2, 0) is 0 Å². The van der Waals surface area contributed by atoms with E-state index in [0.29, 0.717) is 18.1 Å². The molecule has 1 aliphatic rings. The van der Waals surface area contributed by atoms with Crippen molar-refractivity contribution in [3.05, 3.63) is 34.3 Å². The maximum atomic E-state index is 3.73. The molecule has 1 fully saturated rings. The van der Waals surface area contributed by atoms with Gasteiger partial charge < -0.3 is 10.6 Å². The van der Waals surface area contributed by atoms with E-state index in [9.17, 15) is 0 Å². The quantitative estimate of drug-likeness (QED) is 0.830. The lowest BCUT2D eigenvalue weighted by atomic mass is 10.0. The summed E-state index contributed by atoms with van der Waals surface area (Å²) >= 11 is 3.55. The first kappa shape index (κ1) is 16.0. The van der Waals surface area contributed by atoms with Gasteiger partial charge in [0, 0.05) is 22.6 Å². The van der Waals surface area contributed by atoms with Crippen molar-refractivity contribution < 1.29 is 0 Å². The first-order valence-corrected chi connectivity index (χ1v) is 8.69. The number of rotatable bonds is 5. The molecule has 3 atom stereocenters. The smallest absolute Gasteiger partial charge is 0.0294 e. The third-order valence-electron chi connectivity index (χ3n) is 4.18. The molecule has 0 amide bonds. The van der Waals surface area contributed by atoms with Gasteiger partial charge in [0.2, 0.25) is 0 Å². The van der Waals surface area contributed by atoms with Crippen LogP contribution in [-0.4, -0.2) is 18.6 Å². The molecule has 2 unspecified atom stereocenters. The third kappa shape index (κ3) is 5.19. The predicted molar refractivity (Wildman–Crippen MR) is 90.0 cm³/mol. The van der Waals surface area contributed by atoms with Crippen molar-refractivity contribution in [3.63, 3.8) is 0 Å². The maximum Gasteiger partial charge on any atom is 0.0294 e. The van der Waals surface area contributed by atoms with Crippen LogP contribution in [0.1, 0.15) is 57.6 Å². The van der Waals surface area contributed by atoms with Crippen molar-refractivity contribution in [2.75, 3.05) is 6.54 Å². The van der Waals surface area contributed by atoms with E-state index in [0.717, 1.165) is 4.47 Å². The number of hydrogen-bond acceptors (Lipinski definition) is 2. The van der Waals surface area contributed by atoms with E-state index >= 15 is 0 Å². The second-order valence-corrected chi connectivity index (χ2v) is 7.00. The van der Waals surface area contributed by atoms with Crippen LogP contribution < -0.4 is 10.6 Å². The Hall–Kier alpha value is -0.380. The van der Waals surface area contributed by atoms with Crippen molar-refractivity contribution in [3.8, 4) is 0 Å². The highest BCUT2D eigenvalue weighted by Crippen LogP contribution is 2.19. The van der Waals surface area contributed by atoms with Crippen LogP contribution in [0.5, 0.6) is 0 Å². The summed E-state index contributed by atoms with van der Waals surface area (Å²) in [6.07, 6.45) is 6.66. The highest BCUT2D eigenvalue weighted by molar-refractivity contribution is 9.10. The number of hydrogen-bond donors (Lipinski definition) is 2. The van der Waals surface area contributed by atoms with Gasteiger partial charge in [-0.1, -0.05) is 40.9 Å². The summed E-state index contributed by atoms with van der Waals surface area (Å²) in [6.45, 7) is 5.75. The Bertz CT molecular complexity index is 400. The minimum absolute atomic E-state index is 0.397. The molecule has 1 saturated heterocycles. The summed E-state index contributed by atoms with van der Waals surface area (Å²) < 4.78 is 1.15. The number of benzene rings is 1. The number of nitrogens with one attached hydrogen (secondary N) is 2. The van der Waals surface area contributed by atoms with Gasteiger partial charge in [-0.05, 0) is 57.4 Å². The van der Waals surface area contributed by atoms with E-state index < -0.39 is 0 Å². The van der Waals surface area contributed by atoms with Crippen LogP contribution in [0, 0.1) is 0 Å². The second kappa shape index (κ2) is 8.16. The molecule has 1 aromatic carbocycles. The average molecular weight is 339 g/mol. The first-order valence-electron chi connectivity index (χ1n) is 7.90. The van der Waals surface area contributed by atoms with Gasteiger partial charge in [0.1, 0.15) is 0 Å². The van der Waals surface area contributed by atoms with E-state index in [-0.39, 0.29) is 0 Å². The average Bonchev–Trinajstić information content (AvgIpc) is 2.67. The Morgan fingerprint density at radius 2 is 2.15 bits per heavy atom. The zero-order valence-corrected chi connectivity index (χ0v) is 14.2. The Labute approximate surface area is 131 Å². The van der Waals surface area contributed by atoms with E-state index in [1.165, 1.54) is 44.2 Å². The standard InChI is InChI=1S/C17H27BrN2/c1-13(11-17-9-4-3-5-10-19-17)20-14(2)15-7-6-8-16(18)12-15/h6-8,12-14,17,19-20H,3-5,9-11H2,1-2H3/t13?,14-,17?/m1/s1. The van der Waals surface area contributed by atoms with Crippen LogP contribution in [0.15, 0.2) is 28.7 Å². The van der Waals surface area contributed by atoms with Gasteiger partial charge in [-0.3, -0.25) is 0 Å². The molecule has 20 heavy (non-hydrogen) atoms. The van der Waals surface area contributed by atoms with Crippen molar-refractivity contribution >= 4 is 15.9 Å². The minimum atomic E-state index is 0.397. The van der Waals surface area contributed by atoms with Crippen LogP contribution in [0.25, 0.3) is 0 Å². The largest absolute Gasteiger partial charge is 0.314 e. The monoisotopic (exact) mass is 338 g/mol. The van der Waals surface area contributed by atoms with Crippen molar-refractivity contribution in [1.29, 1.82) is 0 Å². The van der Waals surface area contributed by atoms with Gasteiger partial charge in [0.15, 0.2) is 0 Å². The predicted octanol–water partition coefficient (Wildman–Crippen LogP) is 4.41. The fourth-order valence-electron chi connectivity index (χ4n) is 3.10. The molecule has 2 N–H and O–H groups in total. The second-order valence-electron chi connectivity index (χ2n) is 6.08. The van der Waals surface area contributed by atoms with Crippen molar-refractivity contribution in [2.24, 2.45) is 0 Å². The number of halogens is 1. The molecular weight excluding hydrogens is 312 g/mol. The van der Waals surface area contributed by atoms with Gasteiger partial charge in [-0.2, -0.15) is 0 Å². The molecule has 0 radical (unpaired) electrons. The highest BCUT2D eigenvalue weighted by atomic mass is 79.9. The molecule has 0 aliphatic carbocycles. The Morgan fingerprint density at radius 1 is 1.30 bits per heavy atom. The minimum Gasteiger partial charge on any atom is -0.314 e. The molecular formula is C17H27BrN2. The van der Waals surface area contributed by atoms with E-state index in [1.807, 2.05) is 0 Å². The van der Waals surface area contributed by atoms with Crippen LogP contribution in [0.2, 0.25) is 0 Å². The van der Waals surface area contributed by atoms with E-state index in [4.69, 9.17) is 0 Å². The Balaban J connectivity index is 1.82. The highest BCUT2D eigenvalue weighted by Gasteiger charge is 2.16. The van der Waals surface area contributed by atoms with Gasteiger partial charge in [-0.15, -0.1) is 0 Å². The third-order valence-corrected chi connectivity index (χ3v) is 4.68. The van der Waals surface area contributed by atoms with Crippen LogP contribution >= 0.6 is 15.9 Å². The lowest BCUT2D eigenvalue weighted by Gasteiger charge is -2.25. The van der Waals surface area contributed by atoms with Crippen molar-refractivity contribution in [1.82, 2.24) is 10.6 Å². The lowest BCUT2D eigenvalue weighted by Crippen LogP contribution is -2.37. The topological polar surface area (TPSA) is 24.1 Å². The van der Waals surface area contributed by atoms with Gasteiger partial charge in [0.05, 0.1) is 0 Å². The molecule has 0 spiro atoms. The zero-order valence-electron chi connectivity index (χ0n) is 12.7. The molecule has 0 bridgehead atoms. The van der Waals surface area contributed by atoms with Gasteiger partial charge in [-0.25, -0.2) is 0 Å². The Morgan fingerprint density at radius 3 is 2.95 bits per heavy atom. The molecule has 1 heterocycles. The summed E-state index contributed by atoms with van der Waals surface area (Å²) in [4.78, 5) is 0. The first-order chi connectivity index (χ1) is 9.65. The molecule has 0 aromatic heterocycles. The molecule has 3 heteroatoms. The molecule has 1 aliphatic heterocycles. The van der Waals surface area contributed by atoms with E-state index in [2.05, 4.69) is 64.7 Å². The fourth-order valence-corrected chi connectivity index (χ4v) is 3.51. The molecule has 0 saturated carbocycles.